The lowest BCUT2D eigenvalue weighted by Crippen LogP contribution is -2.40. The number of thiophene rings is 1. The number of carbonyl (C=O) groups excluding carboxylic acids is 1. The molecule has 6 nitrogen and oxygen atoms in total. The summed E-state index contributed by atoms with van der Waals surface area (Å²) in [6, 6.07) is 17.0. The van der Waals surface area contributed by atoms with Crippen molar-refractivity contribution in [1.82, 2.24) is 5.32 Å². The standard InChI is InChI=1S/C25H24BN3O3S/c1-15-6-7-19(29-20-12-26(13-20)14-27)11-21(15)24(30)28-16(2)17-4-3-5-18(10-17)22-8-9-23(33-22)25(31)32/h3-11,16,20,29H,12-13H2,1-2H3,(H,28,30)(H,31,32). The fourth-order valence-electron chi connectivity index (χ4n) is 3.96. The van der Waals surface area contributed by atoms with Crippen molar-refractivity contribution in [2.24, 2.45) is 0 Å². The van der Waals surface area contributed by atoms with E-state index in [0.717, 1.165) is 39.9 Å². The molecule has 1 aliphatic heterocycles. The highest BCUT2D eigenvalue weighted by Crippen LogP contribution is 2.30. The number of benzene rings is 2. The Morgan fingerprint density at radius 2 is 1.97 bits per heavy atom. The Balaban J connectivity index is 1.46. The number of carboxylic acid groups (broad SMARTS) is 1. The SMILES string of the molecule is Cc1ccc(NC2CB(C#N)C2)cc1C(=O)NC(C)c1cccc(-c2ccc(C(=O)O)s2)c1. The van der Waals surface area contributed by atoms with E-state index in [4.69, 9.17) is 5.26 Å². The van der Waals surface area contributed by atoms with E-state index in [9.17, 15) is 14.7 Å². The molecule has 1 saturated heterocycles. The van der Waals surface area contributed by atoms with Crippen molar-refractivity contribution >= 4 is 35.6 Å². The Hall–Kier alpha value is -3.57. The van der Waals surface area contributed by atoms with E-state index in [1.165, 1.54) is 11.3 Å². The lowest BCUT2D eigenvalue weighted by Gasteiger charge is -2.30. The van der Waals surface area contributed by atoms with Crippen LogP contribution in [0.4, 0.5) is 5.69 Å². The second-order valence-corrected chi connectivity index (χ2v) is 9.54. The van der Waals surface area contributed by atoms with Crippen LogP contribution in [0, 0.1) is 18.2 Å². The number of nitrogens with zero attached hydrogens (tertiary/aromatic N) is 1. The first-order valence-electron chi connectivity index (χ1n) is 10.8. The number of hydrogen-bond acceptors (Lipinski definition) is 5. The number of carboxylic acids is 1. The number of aryl methyl sites for hydroxylation is 1. The zero-order valence-corrected chi connectivity index (χ0v) is 19.3. The second kappa shape index (κ2) is 9.51. The zero-order chi connectivity index (χ0) is 23.5. The van der Waals surface area contributed by atoms with Gasteiger partial charge < -0.3 is 15.7 Å². The van der Waals surface area contributed by atoms with Gasteiger partial charge in [0, 0.05) is 28.1 Å². The van der Waals surface area contributed by atoms with Crippen LogP contribution in [-0.2, 0) is 0 Å². The summed E-state index contributed by atoms with van der Waals surface area (Å²) < 4.78 is 0. The first-order chi connectivity index (χ1) is 15.8. The molecule has 166 valence electrons. The minimum absolute atomic E-state index is 0.122. The normalized spacial score (nSPS) is 14.2. The number of anilines is 1. The van der Waals surface area contributed by atoms with Crippen LogP contribution in [-0.4, -0.2) is 29.7 Å². The van der Waals surface area contributed by atoms with Crippen LogP contribution in [0.2, 0.25) is 12.6 Å². The van der Waals surface area contributed by atoms with Crippen LogP contribution in [0.3, 0.4) is 0 Å². The van der Waals surface area contributed by atoms with Crippen LogP contribution < -0.4 is 10.6 Å². The molecule has 0 saturated carbocycles. The van der Waals surface area contributed by atoms with Crippen LogP contribution in [0.1, 0.15) is 44.1 Å². The van der Waals surface area contributed by atoms with Crippen molar-refractivity contribution in [3.63, 3.8) is 0 Å². The third-order valence-electron chi connectivity index (χ3n) is 6.01. The molecule has 3 N–H and O–H groups in total. The monoisotopic (exact) mass is 457 g/mol. The molecule has 1 amide bonds. The molecule has 1 aromatic heterocycles. The fourth-order valence-corrected chi connectivity index (χ4v) is 4.80. The molecule has 2 heterocycles. The van der Waals surface area contributed by atoms with E-state index >= 15 is 0 Å². The van der Waals surface area contributed by atoms with E-state index in [2.05, 4.69) is 16.6 Å². The van der Waals surface area contributed by atoms with Crippen molar-refractivity contribution in [2.75, 3.05) is 5.32 Å². The van der Waals surface area contributed by atoms with E-state index < -0.39 is 5.97 Å². The molecule has 0 spiro atoms. The van der Waals surface area contributed by atoms with Crippen molar-refractivity contribution in [3.05, 3.63) is 76.2 Å². The Morgan fingerprint density at radius 1 is 1.18 bits per heavy atom. The summed E-state index contributed by atoms with van der Waals surface area (Å²) in [6.45, 7) is 3.97. The molecule has 0 bridgehead atoms. The Morgan fingerprint density at radius 3 is 2.67 bits per heavy atom. The van der Waals surface area contributed by atoms with E-state index in [1.807, 2.05) is 56.3 Å². The number of nitriles is 1. The highest BCUT2D eigenvalue weighted by molar-refractivity contribution is 7.17. The van der Waals surface area contributed by atoms with E-state index in [-0.39, 0.29) is 24.7 Å². The van der Waals surface area contributed by atoms with E-state index in [0.29, 0.717) is 10.4 Å². The van der Waals surface area contributed by atoms with Crippen molar-refractivity contribution in [3.8, 4) is 16.4 Å². The molecule has 2 aromatic carbocycles. The number of rotatable bonds is 7. The van der Waals surface area contributed by atoms with Gasteiger partial charge in [-0.3, -0.25) is 4.79 Å². The third kappa shape index (κ3) is 5.10. The van der Waals surface area contributed by atoms with Crippen LogP contribution in [0.5, 0.6) is 0 Å². The first-order valence-corrected chi connectivity index (χ1v) is 11.7. The van der Waals surface area contributed by atoms with Gasteiger partial charge in [0.15, 0.2) is 0 Å². The van der Waals surface area contributed by atoms with Gasteiger partial charge in [-0.05, 0) is 73.5 Å². The molecule has 1 fully saturated rings. The molecular formula is C25H24BN3O3S. The lowest BCUT2D eigenvalue weighted by atomic mass is 9.34. The average Bonchev–Trinajstić information content (AvgIpc) is 3.28. The summed E-state index contributed by atoms with van der Waals surface area (Å²) >= 11 is 1.23. The number of aromatic carboxylic acids is 1. The molecule has 4 rings (SSSR count). The molecule has 8 heteroatoms. The van der Waals surface area contributed by atoms with Gasteiger partial charge >= 0.3 is 5.97 Å². The molecule has 1 atom stereocenters. The van der Waals surface area contributed by atoms with Gasteiger partial charge in [0.25, 0.3) is 12.6 Å². The summed E-state index contributed by atoms with van der Waals surface area (Å²) in [7, 11) is 0. The zero-order valence-electron chi connectivity index (χ0n) is 18.5. The van der Waals surface area contributed by atoms with E-state index in [1.54, 1.807) is 12.1 Å². The quantitative estimate of drug-likeness (QED) is 0.420. The molecule has 1 aliphatic rings. The van der Waals surface area contributed by atoms with Crippen LogP contribution >= 0.6 is 11.3 Å². The van der Waals surface area contributed by atoms with Gasteiger partial charge in [0.2, 0.25) is 0 Å². The summed E-state index contributed by atoms with van der Waals surface area (Å²) in [5.41, 5.74) is 4.25. The Bertz CT molecular complexity index is 1240. The summed E-state index contributed by atoms with van der Waals surface area (Å²) in [5.74, 6) is 1.20. The highest BCUT2D eigenvalue weighted by Gasteiger charge is 2.33. The molecule has 3 aromatic rings. The smallest absolute Gasteiger partial charge is 0.345 e. The topological polar surface area (TPSA) is 102 Å². The number of amides is 1. The van der Waals surface area contributed by atoms with Gasteiger partial charge in [-0.15, -0.1) is 11.3 Å². The first kappa shape index (κ1) is 22.6. The number of carbonyl (C=O) groups is 2. The maximum absolute atomic E-state index is 13.1. The van der Waals surface area contributed by atoms with Gasteiger partial charge in [-0.2, -0.15) is 0 Å². The fraction of sp³-hybridized carbons (Fsp3) is 0.240. The second-order valence-electron chi connectivity index (χ2n) is 8.46. The molecular weight excluding hydrogens is 433 g/mol. The van der Waals surface area contributed by atoms with Crippen molar-refractivity contribution in [2.45, 2.75) is 38.6 Å². The molecule has 1 unspecified atom stereocenters. The molecule has 0 aliphatic carbocycles. The average molecular weight is 457 g/mol. The predicted molar refractivity (Wildman–Crippen MR) is 132 cm³/mol. The van der Waals surface area contributed by atoms with Crippen molar-refractivity contribution < 1.29 is 14.7 Å². The molecule has 0 radical (unpaired) electrons. The number of nitrogens with one attached hydrogen (secondary N) is 2. The Kier molecular flexibility index (Phi) is 6.52. The summed E-state index contributed by atoms with van der Waals surface area (Å²) in [6.07, 6.45) is 1.66. The minimum atomic E-state index is -0.933. The summed E-state index contributed by atoms with van der Waals surface area (Å²) in [4.78, 5) is 25.4. The van der Waals surface area contributed by atoms with Crippen LogP contribution in [0.15, 0.2) is 54.6 Å². The number of hydrogen-bond donors (Lipinski definition) is 3. The third-order valence-corrected chi connectivity index (χ3v) is 7.13. The minimum Gasteiger partial charge on any atom is -0.477 e. The van der Waals surface area contributed by atoms with Gasteiger partial charge in [-0.25, -0.2) is 10.1 Å². The van der Waals surface area contributed by atoms with Gasteiger partial charge in [0.05, 0.1) is 6.04 Å². The van der Waals surface area contributed by atoms with Crippen LogP contribution in [0.25, 0.3) is 10.4 Å². The maximum atomic E-state index is 13.1. The van der Waals surface area contributed by atoms with Crippen molar-refractivity contribution in [1.29, 1.82) is 5.26 Å². The lowest BCUT2D eigenvalue weighted by molar-refractivity contribution is 0.0702. The predicted octanol–water partition coefficient (Wildman–Crippen LogP) is 5.26. The molecule has 33 heavy (non-hydrogen) atoms. The maximum Gasteiger partial charge on any atom is 0.345 e. The van der Waals surface area contributed by atoms with Gasteiger partial charge in [0.1, 0.15) is 4.88 Å². The highest BCUT2D eigenvalue weighted by atomic mass is 32.1. The van der Waals surface area contributed by atoms with Gasteiger partial charge in [-0.1, -0.05) is 24.3 Å². The Labute approximate surface area is 197 Å². The summed E-state index contributed by atoms with van der Waals surface area (Å²) in [5, 5.41) is 24.6. The largest absolute Gasteiger partial charge is 0.477 e.